The molecule has 1 aliphatic carbocycles. The highest BCUT2D eigenvalue weighted by atomic mass is 16.5. The maximum atomic E-state index is 13.7. The molecule has 2 aromatic carbocycles. The Morgan fingerprint density at radius 1 is 0.971 bits per heavy atom. The Morgan fingerprint density at radius 2 is 1.68 bits per heavy atom. The van der Waals surface area contributed by atoms with E-state index in [0.717, 1.165) is 62.5 Å². The largest absolute Gasteiger partial charge is 0.424 e. The van der Waals surface area contributed by atoms with Gasteiger partial charge in [-0.25, -0.2) is 0 Å². The number of esters is 1. The van der Waals surface area contributed by atoms with Crippen LogP contribution in [0.5, 0.6) is 5.75 Å². The lowest BCUT2D eigenvalue weighted by molar-refractivity contribution is -0.142. The van der Waals surface area contributed by atoms with E-state index in [2.05, 4.69) is 51.1 Å². The Balaban J connectivity index is 1.77. The van der Waals surface area contributed by atoms with Crippen molar-refractivity contribution in [2.24, 2.45) is 5.92 Å². The second kappa shape index (κ2) is 12.7. The van der Waals surface area contributed by atoms with Gasteiger partial charge >= 0.3 is 5.97 Å². The number of unbranched alkanes of at least 4 members (excludes halogenated alkanes) is 3. The van der Waals surface area contributed by atoms with E-state index in [1.165, 1.54) is 31.2 Å². The molecule has 1 saturated carbocycles. The van der Waals surface area contributed by atoms with Crippen LogP contribution in [0.2, 0.25) is 0 Å². The van der Waals surface area contributed by atoms with Gasteiger partial charge in [-0.1, -0.05) is 89.6 Å². The van der Waals surface area contributed by atoms with Crippen LogP contribution in [0.15, 0.2) is 42.5 Å². The average molecular weight is 460 g/mol. The van der Waals surface area contributed by atoms with Crippen LogP contribution in [0.25, 0.3) is 0 Å². The zero-order chi connectivity index (χ0) is 24.4. The zero-order valence-electron chi connectivity index (χ0n) is 21.4. The lowest BCUT2D eigenvalue weighted by atomic mass is 9.69. The maximum absolute atomic E-state index is 13.7. The molecule has 0 N–H and O–H groups in total. The molecule has 2 aromatic rings. The number of carbonyl (C=O) groups is 1. The quantitative estimate of drug-likeness (QED) is 0.194. The first-order valence-electron chi connectivity index (χ1n) is 13.3. The molecule has 34 heavy (non-hydrogen) atoms. The second-order valence-electron chi connectivity index (χ2n) is 10.4. The number of aryl methyl sites for hydroxylation is 2. The van der Waals surface area contributed by atoms with Crippen LogP contribution in [-0.4, -0.2) is 5.97 Å². The van der Waals surface area contributed by atoms with E-state index < -0.39 is 5.41 Å². The molecule has 1 aliphatic rings. The van der Waals surface area contributed by atoms with Crippen LogP contribution in [-0.2, 0) is 23.1 Å². The summed E-state index contributed by atoms with van der Waals surface area (Å²) in [6.45, 7) is 6.63. The highest BCUT2D eigenvalue weighted by Crippen LogP contribution is 2.41. The van der Waals surface area contributed by atoms with Crippen LogP contribution in [0.4, 0.5) is 0 Å². The molecule has 0 unspecified atom stereocenters. The van der Waals surface area contributed by atoms with Crippen LogP contribution < -0.4 is 4.74 Å². The molecule has 0 amide bonds. The molecule has 0 saturated heterocycles. The van der Waals surface area contributed by atoms with Crippen molar-refractivity contribution in [3.8, 4) is 11.8 Å². The lowest BCUT2D eigenvalue weighted by Crippen LogP contribution is -2.41. The van der Waals surface area contributed by atoms with Crippen molar-refractivity contribution in [2.75, 3.05) is 0 Å². The van der Waals surface area contributed by atoms with E-state index in [0.29, 0.717) is 17.2 Å². The molecule has 0 bridgehead atoms. The van der Waals surface area contributed by atoms with Crippen molar-refractivity contribution in [1.29, 1.82) is 5.26 Å². The number of ether oxygens (including phenoxy) is 1. The smallest absolute Gasteiger partial charge is 0.321 e. The van der Waals surface area contributed by atoms with E-state index in [1.807, 2.05) is 18.2 Å². The van der Waals surface area contributed by atoms with Gasteiger partial charge in [0, 0.05) is 0 Å². The Labute approximate surface area is 206 Å². The standard InChI is InChI=1S/C31H41NO2/c1-4-5-6-8-11-25-14-17-28(18-15-25)31(20-9-7-10-21-31)30(33)34-29-19-16-26(13-12-24(2)3)22-27(29)23-32/h14-19,22,24H,4-13,20-21H2,1-3H3. The Bertz CT molecular complexity index is 962. The average Bonchev–Trinajstić information content (AvgIpc) is 2.86. The predicted octanol–water partition coefficient (Wildman–Crippen LogP) is 8.08. The summed E-state index contributed by atoms with van der Waals surface area (Å²) in [5.41, 5.74) is 3.33. The van der Waals surface area contributed by atoms with Crippen molar-refractivity contribution in [2.45, 2.75) is 103 Å². The van der Waals surface area contributed by atoms with Crippen LogP contribution >= 0.6 is 0 Å². The molecule has 182 valence electrons. The number of hydrogen-bond acceptors (Lipinski definition) is 3. The summed E-state index contributed by atoms with van der Waals surface area (Å²) in [5.74, 6) is 0.782. The van der Waals surface area contributed by atoms with Gasteiger partial charge in [0.2, 0.25) is 0 Å². The summed E-state index contributed by atoms with van der Waals surface area (Å²) < 4.78 is 5.97. The first kappa shape index (κ1) is 26.0. The second-order valence-corrected chi connectivity index (χ2v) is 10.4. The van der Waals surface area contributed by atoms with Crippen LogP contribution in [0, 0.1) is 17.2 Å². The van der Waals surface area contributed by atoms with Crippen LogP contribution in [0.3, 0.4) is 0 Å². The van der Waals surface area contributed by atoms with Crippen molar-refractivity contribution in [1.82, 2.24) is 0 Å². The van der Waals surface area contributed by atoms with Gasteiger partial charge in [0.15, 0.2) is 0 Å². The minimum absolute atomic E-state index is 0.214. The fourth-order valence-electron chi connectivity index (χ4n) is 5.07. The van der Waals surface area contributed by atoms with Gasteiger partial charge in [-0.3, -0.25) is 4.79 Å². The third kappa shape index (κ3) is 6.72. The molecule has 0 heterocycles. The molecule has 0 aliphatic heterocycles. The Hall–Kier alpha value is -2.60. The SMILES string of the molecule is CCCCCCc1ccc(C2(C(=O)Oc3ccc(CCC(C)C)cc3C#N)CCCCC2)cc1. The van der Waals surface area contributed by atoms with E-state index in [4.69, 9.17) is 4.74 Å². The molecule has 0 radical (unpaired) electrons. The Kier molecular flexibility index (Phi) is 9.75. The summed E-state index contributed by atoms with van der Waals surface area (Å²) in [6.07, 6.45) is 12.9. The van der Waals surface area contributed by atoms with Crippen molar-refractivity contribution in [3.05, 3.63) is 64.7 Å². The third-order valence-electron chi connectivity index (χ3n) is 7.30. The van der Waals surface area contributed by atoms with Gasteiger partial charge in [-0.15, -0.1) is 0 Å². The topological polar surface area (TPSA) is 50.1 Å². The molecule has 3 rings (SSSR count). The lowest BCUT2D eigenvalue weighted by Gasteiger charge is -2.35. The summed E-state index contributed by atoms with van der Waals surface area (Å²) in [4.78, 5) is 13.7. The van der Waals surface area contributed by atoms with Gasteiger partial charge in [0.05, 0.1) is 11.0 Å². The van der Waals surface area contributed by atoms with Crippen molar-refractivity contribution in [3.63, 3.8) is 0 Å². The predicted molar refractivity (Wildman–Crippen MR) is 139 cm³/mol. The number of nitriles is 1. The third-order valence-corrected chi connectivity index (χ3v) is 7.30. The normalized spacial score (nSPS) is 15.1. The molecule has 0 aromatic heterocycles. The number of rotatable bonds is 11. The monoisotopic (exact) mass is 459 g/mol. The first-order chi connectivity index (χ1) is 16.5. The van der Waals surface area contributed by atoms with E-state index in [1.54, 1.807) is 0 Å². The highest BCUT2D eigenvalue weighted by molar-refractivity contribution is 5.85. The van der Waals surface area contributed by atoms with Gasteiger partial charge in [0.25, 0.3) is 0 Å². The number of nitrogens with zero attached hydrogens (tertiary/aromatic N) is 1. The summed E-state index contributed by atoms with van der Waals surface area (Å²) in [5, 5.41) is 9.72. The first-order valence-corrected chi connectivity index (χ1v) is 13.3. The van der Waals surface area contributed by atoms with Gasteiger partial charge in [-0.2, -0.15) is 5.26 Å². The van der Waals surface area contributed by atoms with Gasteiger partial charge in [0.1, 0.15) is 11.8 Å². The summed E-state index contributed by atoms with van der Waals surface area (Å²) >= 11 is 0. The molecule has 0 spiro atoms. The molecule has 1 fully saturated rings. The maximum Gasteiger partial charge on any atom is 0.321 e. The number of benzene rings is 2. The van der Waals surface area contributed by atoms with Gasteiger partial charge < -0.3 is 4.74 Å². The highest BCUT2D eigenvalue weighted by Gasteiger charge is 2.43. The van der Waals surface area contributed by atoms with Crippen molar-refractivity contribution >= 4 is 5.97 Å². The number of hydrogen-bond donors (Lipinski definition) is 0. The minimum atomic E-state index is -0.623. The molecule has 0 atom stereocenters. The Morgan fingerprint density at radius 3 is 2.32 bits per heavy atom. The van der Waals surface area contributed by atoms with Crippen LogP contribution in [0.1, 0.15) is 107 Å². The fourth-order valence-corrected chi connectivity index (χ4v) is 5.07. The molecular formula is C31H41NO2. The van der Waals surface area contributed by atoms with E-state index >= 15 is 0 Å². The van der Waals surface area contributed by atoms with Gasteiger partial charge in [-0.05, 0) is 73.3 Å². The molecular weight excluding hydrogens is 418 g/mol. The molecule has 3 nitrogen and oxygen atoms in total. The van der Waals surface area contributed by atoms with E-state index in [9.17, 15) is 10.1 Å². The fraction of sp³-hybridized carbons (Fsp3) is 0.548. The zero-order valence-corrected chi connectivity index (χ0v) is 21.4. The molecule has 3 heteroatoms. The summed E-state index contributed by atoms with van der Waals surface area (Å²) in [6, 6.07) is 16.6. The summed E-state index contributed by atoms with van der Waals surface area (Å²) in [7, 11) is 0. The number of carbonyl (C=O) groups excluding carboxylic acids is 1. The minimum Gasteiger partial charge on any atom is -0.424 e. The van der Waals surface area contributed by atoms with E-state index in [-0.39, 0.29) is 5.97 Å². The van der Waals surface area contributed by atoms with Crippen molar-refractivity contribution < 1.29 is 9.53 Å².